The molecule has 0 heterocycles. The fraction of sp³-hybridized carbons (Fsp3) is 0.538. The van der Waals surface area contributed by atoms with Crippen LogP contribution in [0.5, 0.6) is 5.75 Å². The van der Waals surface area contributed by atoms with Crippen molar-refractivity contribution < 1.29 is 13.9 Å². The second-order valence-corrected chi connectivity index (χ2v) is 3.66. The van der Waals surface area contributed by atoms with Gasteiger partial charge in [0.25, 0.3) is 0 Å². The van der Waals surface area contributed by atoms with Gasteiger partial charge in [0.2, 0.25) is 0 Å². The summed E-state index contributed by atoms with van der Waals surface area (Å²) in [5, 5.41) is 3.21. The molecule has 0 spiro atoms. The molecule has 0 aliphatic rings. The number of likely N-dealkylation sites (N-methyl/N-ethyl adjacent to an activating group) is 1. The lowest BCUT2D eigenvalue weighted by Gasteiger charge is -2.19. The summed E-state index contributed by atoms with van der Waals surface area (Å²) in [6.45, 7) is 5.77. The average molecular weight is 241 g/mol. The normalized spacial score (nSPS) is 12.5. The summed E-state index contributed by atoms with van der Waals surface area (Å²) in [5.74, 6) is 0.257. The van der Waals surface area contributed by atoms with E-state index >= 15 is 0 Å². The Balaban J connectivity index is 2.85. The van der Waals surface area contributed by atoms with Gasteiger partial charge in [-0.1, -0.05) is 13.0 Å². The monoisotopic (exact) mass is 241 g/mol. The number of nitrogens with one attached hydrogen (secondary N) is 1. The predicted octanol–water partition coefficient (Wildman–Crippen LogP) is 2.52. The van der Waals surface area contributed by atoms with Crippen molar-refractivity contribution >= 4 is 0 Å². The maximum atomic E-state index is 13.9. The first-order valence-electron chi connectivity index (χ1n) is 5.87. The largest absolute Gasteiger partial charge is 0.497 e. The molecule has 3 nitrogen and oxygen atoms in total. The molecular weight excluding hydrogens is 221 g/mol. The zero-order valence-corrected chi connectivity index (χ0v) is 10.6. The zero-order chi connectivity index (χ0) is 12.7. The molecule has 17 heavy (non-hydrogen) atoms. The number of hydrogen-bond donors (Lipinski definition) is 1. The molecule has 1 atom stereocenters. The minimum atomic E-state index is -0.269. The van der Waals surface area contributed by atoms with Gasteiger partial charge < -0.3 is 14.8 Å². The van der Waals surface area contributed by atoms with Gasteiger partial charge in [-0.05, 0) is 19.5 Å². The Hall–Kier alpha value is -1.13. The molecule has 0 aromatic heterocycles. The van der Waals surface area contributed by atoms with Crippen molar-refractivity contribution in [1.82, 2.24) is 5.32 Å². The smallest absolute Gasteiger partial charge is 0.131 e. The van der Waals surface area contributed by atoms with Crippen molar-refractivity contribution in [2.75, 3.05) is 26.9 Å². The van der Waals surface area contributed by atoms with E-state index in [4.69, 9.17) is 9.47 Å². The third-order valence-electron chi connectivity index (χ3n) is 2.52. The molecule has 0 aliphatic carbocycles. The second-order valence-electron chi connectivity index (χ2n) is 3.66. The highest BCUT2D eigenvalue weighted by atomic mass is 19.1. The molecule has 1 aromatic rings. The molecule has 0 bridgehead atoms. The van der Waals surface area contributed by atoms with E-state index in [1.54, 1.807) is 12.1 Å². The van der Waals surface area contributed by atoms with Gasteiger partial charge in [0, 0.05) is 18.2 Å². The maximum absolute atomic E-state index is 13.9. The second kappa shape index (κ2) is 7.25. The predicted molar refractivity (Wildman–Crippen MR) is 65.9 cm³/mol. The number of methoxy groups -OCH3 is 1. The van der Waals surface area contributed by atoms with Crippen LogP contribution in [0.25, 0.3) is 0 Å². The molecule has 0 amide bonds. The summed E-state index contributed by atoms with van der Waals surface area (Å²) in [5.41, 5.74) is 0.612. The lowest BCUT2D eigenvalue weighted by Crippen LogP contribution is -2.26. The Labute approximate surface area is 102 Å². The Morgan fingerprint density at radius 2 is 2.12 bits per heavy atom. The van der Waals surface area contributed by atoms with Gasteiger partial charge in [0.15, 0.2) is 0 Å². The molecule has 1 N–H and O–H groups in total. The highest BCUT2D eigenvalue weighted by Crippen LogP contribution is 2.22. The van der Waals surface area contributed by atoms with E-state index in [1.807, 2.05) is 13.8 Å². The number of halogens is 1. The molecule has 0 aliphatic heterocycles. The molecular formula is C13H20FNO2. The summed E-state index contributed by atoms with van der Waals surface area (Å²) in [6.07, 6.45) is 0. The van der Waals surface area contributed by atoms with Crippen molar-refractivity contribution in [3.63, 3.8) is 0 Å². The molecule has 0 radical (unpaired) electrons. The Morgan fingerprint density at radius 3 is 2.65 bits per heavy atom. The van der Waals surface area contributed by atoms with E-state index in [0.717, 1.165) is 6.54 Å². The van der Waals surface area contributed by atoms with Crippen molar-refractivity contribution in [2.45, 2.75) is 19.9 Å². The van der Waals surface area contributed by atoms with Crippen molar-refractivity contribution in [1.29, 1.82) is 0 Å². The molecule has 4 heteroatoms. The molecule has 1 rings (SSSR count). The summed E-state index contributed by atoms with van der Waals surface area (Å²) < 4.78 is 24.2. The molecule has 0 saturated carbocycles. The Bertz CT molecular complexity index is 344. The van der Waals surface area contributed by atoms with Crippen LogP contribution in [-0.2, 0) is 4.74 Å². The van der Waals surface area contributed by atoms with Gasteiger partial charge >= 0.3 is 0 Å². The fourth-order valence-electron chi connectivity index (χ4n) is 1.66. The molecule has 1 unspecified atom stereocenters. The van der Waals surface area contributed by atoms with E-state index in [9.17, 15) is 4.39 Å². The quantitative estimate of drug-likeness (QED) is 0.795. The Morgan fingerprint density at radius 1 is 1.35 bits per heavy atom. The third kappa shape index (κ3) is 3.98. The first kappa shape index (κ1) is 13.9. The highest BCUT2D eigenvalue weighted by Gasteiger charge is 2.15. The molecule has 96 valence electrons. The van der Waals surface area contributed by atoms with Crippen molar-refractivity contribution in [3.8, 4) is 5.75 Å². The zero-order valence-electron chi connectivity index (χ0n) is 10.6. The number of ether oxygens (including phenoxy) is 2. The minimum absolute atomic E-state index is 0.120. The third-order valence-corrected chi connectivity index (χ3v) is 2.52. The van der Waals surface area contributed by atoms with Gasteiger partial charge in [-0.25, -0.2) is 4.39 Å². The van der Waals surface area contributed by atoms with Crippen LogP contribution in [0.3, 0.4) is 0 Å². The first-order valence-corrected chi connectivity index (χ1v) is 5.87. The van der Waals surface area contributed by atoms with Crippen LogP contribution in [0.15, 0.2) is 18.2 Å². The summed E-state index contributed by atoms with van der Waals surface area (Å²) >= 11 is 0. The van der Waals surface area contributed by atoms with Crippen molar-refractivity contribution in [3.05, 3.63) is 29.6 Å². The lowest BCUT2D eigenvalue weighted by molar-refractivity contribution is 0.122. The van der Waals surface area contributed by atoms with Crippen LogP contribution >= 0.6 is 0 Å². The van der Waals surface area contributed by atoms with Gasteiger partial charge in [-0.3, -0.25) is 0 Å². The van der Waals surface area contributed by atoms with E-state index in [0.29, 0.717) is 24.5 Å². The number of rotatable bonds is 7. The highest BCUT2D eigenvalue weighted by molar-refractivity contribution is 5.30. The average Bonchev–Trinajstić information content (AvgIpc) is 2.34. The Kier molecular flexibility index (Phi) is 5.94. The molecule has 1 aromatic carbocycles. The molecule has 0 saturated heterocycles. The summed E-state index contributed by atoms with van der Waals surface area (Å²) in [6, 6.07) is 4.77. The summed E-state index contributed by atoms with van der Waals surface area (Å²) in [4.78, 5) is 0. The van der Waals surface area contributed by atoms with Crippen LogP contribution in [0.2, 0.25) is 0 Å². The fourth-order valence-corrected chi connectivity index (χ4v) is 1.66. The SMILES string of the molecule is CCNC(COCC)c1ccc(OC)cc1F. The van der Waals surface area contributed by atoms with Crippen molar-refractivity contribution in [2.24, 2.45) is 0 Å². The lowest BCUT2D eigenvalue weighted by atomic mass is 10.1. The number of benzene rings is 1. The van der Waals surface area contributed by atoms with Crippen LogP contribution in [0, 0.1) is 5.82 Å². The number of hydrogen-bond acceptors (Lipinski definition) is 3. The van der Waals surface area contributed by atoms with Gasteiger partial charge in [-0.15, -0.1) is 0 Å². The van der Waals surface area contributed by atoms with Gasteiger partial charge in [-0.2, -0.15) is 0 Å². The van der Waals surface area contributed by atoms with Crippen LogP contribution < -0.4 is 10.1 Å². The minimum Gasteiger partial charge on any atom is -0.497 e. The van der Waals surface area contributed by atoms with E-state index in [1.165, 1.54) is 13.2 Å². The van der Waals surface area contributed by atoms with Crippen LogP contribution in [-0.4, -0.2) is 26.9 Å². The van der Waals surface area contributed by atoms with E-state index in [2.05, 4.69) is 5.32 Å². The van der Waals surface area contributed by atoms with E-state index in [-0.39, 0.29) is 11.9 Å². The van der Waals surface area contributed by atoms with Crippen LogP contribution in [0.4, 0.5) is 4.39 Å². The molecule has 0 fully saturated rings. The van der Waals surface area contributed by atoms with Crippen LogP contribution in [0.1, 0.15) is 25.5 Å². The van der Waals surface area contributed by atoms with Gasteiger partial charge in [0.05, 0.1) is 19.8 Å². The summed E-state index contributed by atoms with van der Waals surface area (Å²) in [7, 11) is 1.52. The topological polar surface area (TPSA) is 30.5 Å². The van der Waals surface area contributed by atoms with E-state index < -0.39 is 0 Å². The van der Waals surface area contributed by atoms with Gasteiger partial charge in [0.1, 0.15) is 11.6 Å². The first-order chi connectivity index (χ1) is 8.22. The maximum Gasteiger partial charge on any atom is 0.131 e. The standard InChI is InChI=1S/C13H20FNO2/c1-4-15-13(9-17-5-2)11-7-6-10(16-3)8-12(11)14/h6-8,13,15H,4-5,9H2,1-3H3.